The van der Waals surface area contributed by atoms with Crippen LogP contribution in [0.15, 0.2) is 0 Å². The Kier molecular flexibility index (Phi) is 4.71. The first-order valence-corrected chi connectivity index (χ1v) is 4.37. The van der Waals surface area contributed by atoms with E-state index < -0.39 is 0 Å². The zero-order valence-corrected chi connectivity index (χ0v) is 7.83. The normalized spacial score (nSPS) is 16.8. The highest BCUT2D eigenvalue weighted by atomic mass is 14.9. The van der Waals surface area contributed by atoms with Crippen LogP contribution in [0.25, 0.3) is 0 Å². The average Bonchev–Trinajstić information content (AvgIpc) is 2.00. The third-order valence-electron chi connectivity index (χ3n) is 2.47. The van der Waals surface area contributed by atoms with Crippen molar-refractivity contribution in [3.63, 3.8) is 0 Å². The van der Waals surface area contributed by atoms with E-state index in [0.717, 1.165) is 0 Å². The van der Waals surface area contributed by atoms with Crippen molar-refractivity contribution in [1.29, 1.82) is 0 Å². The summed E-state index contributed by atoms with van der Waals surface area (Å²) < 4.78 is 0. The van der Waals surface area contributed by atoms with Gasteiger partial charge >= 0.3 is 0 Å². The molecule has 0 aliphatic carbocycles. The highest BCUT2D eigenvalue weighted by molar-refractivity contribution is 4.78. The van der Waals surface area contributed by atoms with E-state index in [1.165, 1.54) is 25.7 Å². The zero-order valence-electron chi connectivity index (χ0n) is 7.83. The van der Waals surface area contributed by atoms with Gasteiger partial charge < -0.3 is 5.32 Å². The molecule has 1 heteroatoms. The van der Waals surface area contributed by atoms with Crippen molar-refractivity contribution in [2.75, 3.05) is 7.05 Å². The van der Waals surface area contributed by atoms with Crippen LogP contribution in [0.5, 0.6) is 0 Å². The molecule has 0 aromatic heterocycles. The summed E-state index contributed by atoms with van der Waals surface area (Å²) in [6, 6.07) is 0. The lowest BCUT2D eigenvalue weighted by molar-refractivity contribution is 0.335. The van der Waals surface area contributed by atoms with Crippen molar-refractivity contribution < 1.29 is 0 Å². The molecule has 0 rings (SSSR count). The molecule has 0 aliphatic heterocycles. The Bertz CT molecular complexity index is 74.8. The highest BCUT2D eigenvalue weighted by Gasteiger charge is 2.17. The first kappa shape index (κ1) is 9.96. The summed E-state index contributed by atoms with van der Waals surface area (Å²) in [5.41, 5.74) is 0.385. The summed E-state index contributed by atoms with van der Waals surface area (Å²) in [6.07, 6.45) is 5.17. The Labute approximate surface area is 65.2 Å². The summed E-state index contributed by atoms with van der Waals surface area (Å²) >= 11 is 0. The van der Waals surface area contributed by atoms with Crippen molar-refractivity contribution in [3.8, 4) is 0 Å². The molecular weight excluding hydrogens is 122 g/mol. The molecule has 1 atom stereocenters. The van der Waals surface area contributed by atoms with E-state index in [1.54, 1.807) is 0 Å². The van der Waals surface area contributed by atoms with Gasteiger partial charge in [-0.3, -0.25) is 0 Å². The van der Waals surface area contributed by atoms with Crippen LogP contribution in [-0.4, -0.2) is 12.6 Å². The Morgan fingerprint density at radius 3 is 2.20 bits per heavy atom. The van der Waals surface area contributed by atoms with Crippen molar-refractivity contribution in [2.45, 2.75) is 52.0 Å². The molecule has 0 fully saturated rings. The van der Waals surface area contributed by atoms with Gasteiger partial charge in [0.25, 0.3) is 0 Å². The maximum atomic E-state index is 3.36. The monoisotopic (exact) mass is 143 g/mol. The molecule has 62 valence electrons. The van der Waals surface area contributed by atoms with Gasteiger partial charge in [0.1, 0.15) is 0 Å². The molecule has 0 aliphatic rings. The van der Waals surface area contributed by atoms with Gasteiger partial charge in [0.2, 0.25) is 0 Å². The molecule has 0 spiro atoms. The molecule has 0 bridgehead atoms. The molecule has 1 unspecified atom stereocenters. The summed E-state index contributed by atoms with van der Waals surface area (Å²) in [5, 5.41) is 3.36. The van der Waals surface area contributed by atoms with E-state index >= 15 is 0 Å². The van der Waals surface area contributed by atoms with Gasteiger partial charge in [-0.05, 0) is 26.8 Å². The lowest BCUT2D eigenvalue weighted by atomic mass is 9.92. The second-order valence-electron chi connectivity index (χ2n) is 3.27. The van der Waals surface area contributed by atoms with Crippen molar-refractivity contribution in [2.24, 2.45) is 0 Å². The number of unbranched alkanes of at least 4 members (excludes halogenated alkanes) is 1. The summed E-state index contributed by atoms with van der Waals surface area (Å²) in [6.45, 7) is 6.78. The minimum absolute atomic E-state index is 0.385. The molecule has 0 heterocycles. The molecule has 0 aromatic rings. The van der Waals surface area contributed by atoms with Crippen molar-refractivity contribution in [3.05, 3.63) is 0 Å². The number of hydrogen-bond donors (Lipinski definition) is 1. The molecular formula is C9H21N. The lowest BCUT2D eigenvalue weighted by Gasteiger charge is -2.27. The second kappa shape index (κ2) is 4.73. The quantitative estimate of drug-likeness (QED) is 0.623. The van der Waals surface area contributed by atoms with E-state index in [-0.39, 0.29) is 0 Å². The first-order valence-electron chi connectivity index (χ1n) is 4.37. The van der Waals surface area contributed by atoms with E-state index in [9.17, 15) is 0 Å². The largest absolute Gasteiger partial charge is 0.315 e. The number of rotatable bonds is 5. The lowest BCUT2D eigenvalue weighted by Crippen LogP contribution is -2.38. The van der Waals surface area contributed by atoms with E-state index in [4.69, 9.17) is 0 Å². The third kappa shape index (κ3) is 3.21. The van der Waals surface area contributed by atoms with Gasteiger partial charge in [-0.25, -0.2) is 0 Å². The first-order chi connectivity index (χ1) is 4.68. The van der Waals surface area contributed by atoms with E-state index in [2.05, 4.69) is 33.1 Å². The Morgan fingerprint density at radius 1 is 1.30 bits per heavy atom. The molecule has 0 radical (unpaired) electrons. The second-order valence-corrected chi connectivity index (χ2v) is 3.27. The maximum absolute atomic E-state index is 3.36. The van der Waals surface area contributed by atoms with Crippen molar-refractivity contribution in [1.82, 2.24) is 5.32 Å². The molecule has 0 saturated heterocycles. The number of hydrogen-bond acceptors (Lipinski definition) is 1. The molecule has 1 nitrogen and oxygen atoms in total. The van der Waals surface area contributed by atoms with Crippen LogP contribution in [0.3, 0.4) is 0 Å². The molecule has 10 heavy (non-hydrogen) atoms. The third-order valence-corrected chi connectivity index (χ3v) is 2.47. The van der Waals surface area contributed by atoms with E-state index in [0.29, 0.717) is 5.54 Å². The van der Waals surface area contributed by atoms with Gasteiger partial charge in [-0.15, -0.1) is 0 Å². The predicted octanol–water partition coefficient (Wildman–Crippen LogP) is 2.56. The van der Waals surface area contributed by atoms with Gasteiger partial charge in [-0.1, -0.05) is 26.7 Å². The predicted molar refractivity (Wildman–Crippen MR) is 47.3 cm³/mol. The summed E-state index contributed by atoms with van der Waals surface area (Å²) in [7, 11) is 2.05. The smallest absolute Gasteiger partial charge is 0.0147 e. The van der Waals surface area contributed by atoms with Crippen LogP contribution in [0.1, 0.15) is 46.5 Å². The standard InChI is InChI=1S/C9H21N/c1-5-7-8-9(3,6-2)10-4/h10H,5-8H2,1-4H3. The number of nitrogens with one attached hydrogen (secondary N) is 1. The fourth-order valence-electron chi connectivity index (χ4n) is 1.05. The zero-order chi connectivity index (χ0) is 8.04. The minimum Gasteiger partial charge on any atom is -0.315 e. The Hall–Kier alpha value is -0.0400. The molecule has 1 N–H and O–H groups in total. The fraction of sp³-hybridized carbons (Fsp3) is 1.00. The van der Waals surface area contributed by atoms with E-state index in [1.807, 2.05) is 0 Å². The van der Waals surface area contributed by atoms with Crippen LogP contribution in [-0.2, 0) is 0 Å². The minimum atomic E-state index is 0.385. The van der Waals surface area contributed by atoms with Crippen LogP contribution in [0, 0.1) is 0 Å². The van der Waals surface area contributed by atoms with Crippen molar-refractivity contribution >= 4 is 0 Å². The topological polar surface area (TPSA) is 12.0 Å². The van der Waals surface area contributed by atoms with Crippen LogP contribution < -0.4 is 5.32 Å². The maximum Gasteiger partial charge on any atom is 0.0147 e. The van der Waals surface area contributed by atoms with Gasteiger partial charge in [0.05, 0.1) is 0 Å². The van der Waals surface area contributed by atoms with Crippen LogP contribution in [0.2, 0.25) is 0 Å². The Balaban J connectivity index is 3.58. The molecule has 0 aromatic carbocycles. The summed E-state index contributed by atoms with van der Waals surface area (Å²) in [4.78, 5) is 0. The van der Waals surface area contributed by atoms with Gasteiger partial charge in [0, 0.05) is 5.54 Å². The van der Waals surface area contributed by atoms with Gasteiger partial charge in [-0.2, -0.15) is 0 Å². The van der Waals surface area contributed by atoms with Gasteiger partial charge in [0.15, 0.2) is 0 Å². The highest BCUT2D eigenvalue weighted by Crippen LogP contribution is 2.16. The van der Waals surface area contributed by atoms with Crippen LogP contribution >= 0.6 is 0 Å². The van der Waals surface area contributed by atoms with Crippen LogP contribution in [0.4, 0.5) is 0 Å². The Morgan fingerprint density at radius 2 is 1.90 bits per heavy atom. The fourth-order valence-corrected chi connectivity index (χ4v) is 1.05. The summed E-state index contributed by atoms with van der Waals surface area (Å²) in [5.74, 6) is 0. The molecule has 0 amide bonds. The average molecular weight is 143 g/mol. The SMILES string of the molecule is CCCCC(C)(CC)NC. The molecule has 0 saturated carbocycles.